The molecule has 0 aliphatic heterocycles. The topological polar surface area (TPSA) is 84.6 Å². The number of ether oxygens (including phenoxy) is 1. The number of nitrogens with two attached hydrogens (primary N) is 1. The lowest BCUT2D eigenvalue weighted by molar-refractivity contribution is 0.0994. The maximum atomic E-state index is 11.2. The van der Waals surface area contributed by atoms with Crippen LogP contribution in [0.3, 0.4) is 0 Å². The van der Waals surface area contributed by atoms with E-state index in [1.54, 1.807) is 12.1 Å². The fourth-order valence-corrected chi connectivity index (χ4v) is 2.75. The van der Waals surface area contributed by atoms with Crippen LogP contribution >= 0.6 is 0 Å². The minimum atomic E-state index is -0.595. The Balaban J connectivity index is 2.07. The van der Waals surface area contributed by atoms with Gasteiger partial charge in [0, 0.05) is 29.1 Å². The van der Waals surface area contributed by atoms with E-state index >= 15 is 0 Å². The molecule has 0 saturated heterocycles. The van der Waals surface area contributed by atoms with Gasteiger partial charge in [-0.2, -0.15) is 0 Å². The van der Waals surface area contributed by atoms with Gasteiger partial charge in [-0.3, -0.25) is 4.79 Å². The largest absolute Gasteiger partial charge is 0.491 e. The monoisotopic (exact) mass is 370 g/mol. The summed E-state index contributed by atoms with van der Waals surface area (Å²) in [6, 6.07) is 15.1. The van der Waals surface area contributed by atoms with Crippen molar-refractivity contribution in [2.75, 3.05) is 13.2 Å². The van der Waals surface area contributed by atoms with Crippen LogP contribution in [-0.4, -0.2) is 35.8 Å². The van der Waals surface area contributed by atoms with Crippen molar-refractivity contribution in [2.45, 2.75) is 45.3 Å². The number of benzene rings is 2. The molecule has 0 heterocycles. The first kappa shape index (κ1) is 20.9. The molecule has 2 atom stereocenters. The van der Waals surface area contributed by atoms with Crippen molar-refractivity contribution in [1.82, 2.24) is 5.32 Å². The highest BCUT2D eigenvalue weighted by atomic mass is 16.5. The molecule has 0 radical (unpaired) electrons. The molecule has 2 aromatic carbocycles. The molecule has 2 unspecified atom stereocenters. The van der Waals surface area contributed by atoms with Gasteiger partial charge < -0.3 is 20.9 Å². The standard InChI is InChI=1S/C22H30N2O3/c1-15(16-9-11-17(12-10-16)21(23)26)19-7-5-6-8-20(19)27-14-18(25)13-24-22(2,3)4/h5-12,15,18,24-25H,13-14H2,1-4H3,(H2,23,26). The number of hydrogen-bond donors (Lipinski definition) is 3. The molecule has 5 nitrogen and oxygen atoms in total. The Hall–Kier alpha value is -2.37. The Morgan fingerprint density at radius 2 is 1.78 bits per heavy atom. The van der Waals surface area contributed by atoms with E-state index in [2.05, 4.69) is 33.0 Å². The maximum absolute atomic E-state index is 11.2. The van der Waals surface area contributed by atoms with Crippen LogP contribution in [0.5, 0.6) is 5.75 Å². The highest BCUT2D eigenvalue weighted by Crippen LogP contribution is 2.31. The summed E-state index contributed by atoms with van der Waals surface area (Å²) in [6.45, 7) is 8.94. The van der Waals surface area contributed by atoms with E-state index in [0.717, 1.165) is 16.9 Å². The van der Waals surface area contributed by atoms with Crippen LogP contribution in [0.4, 0.5) is 0 Å². The smallest absolute Gasteiger partial charge is 0.248 e. The van der Waals surface area contributed by atoms with Crippen LogP contribution < -0.4 is 15.8 Å². The number of hydrogen-bond acceptors (Lipinski definition) is 4. The number of amides is 1. The Labute approximate surface area is 161 Å². The summed E-state index contributed by atoms with van der Waals surface area (Å²) in [5, 5.41) is 13.4. The first-order valence-electron chi connectivity index (χ1n) is 9.22. The van der Waals surface area contributed by atoms with Gasteiger partial charge in [0.2, 0.25) is 5.91 Å². The maximum Gasteiger partial charge on any atom is 0.248 e. The summed E-state index contributed by atoms with van der Waals surface area (Å²) in [7, 11) is 0. The van der Waals surface area contributed by atoms with Gasteiger partial charge in [0.1, 0.15) is 18.5 Å². The Morgan fingerprint density at radius 1 is 1.15 bits per heavy atom. The molecule has 146 valence electrons. The molecule has 0 fully saturated rings. The Morgan fingerprint density at radius 3 is 2.37 bits per heavy atom. The average Bonchev–Trinajstić information content (AvgIpc) is 2.64. The Bertz CT molecular complexity index is 751. The predicted octanol–water partition coefficient (Wildman–Crippen LogP) is 3.07. The molecule has 0 aliphatic rings. The van der Waals surface area contributed by atoms with E-state index < -0.39 is 12.0 Å². The molecule has 2 rings (SSSR count). The zero-order chi connectivity index (χ0) is 20.0. The third-order valence-electron chi connectivity index (χ3n) is 4.38. The predicted molar refractivity (Wildman–Crippen MR) is 108 cm³/mol. The molecule has 0 aromatic heterocycles. The van der Waals surface area contributed by atoms with Crippen LogP contribution in [-0.2, 0) is 0 Å². The number of β-amino-alcohol motifs (C(OH)–C–C–N with tert-alkyl or cyclic N) is 1. The van der Waals surface area contributed by atoms with Crippen molar-refractivity contribution in [2.24, 2.45) is 5.73 Å². The molecule has 2 aromatic rings. The minimum absolute atomic E-state index is 0.0511. The summed E-state index contributed by atoms with van der Waals surface area (Å²) in [5.41, 5.74) is 7.84. The van der Waals surface area contributed by atoms with Gasteiger partial charge in [0.15, 0.2) is 0 Å². The second-order valence-corrected chi connectivity index (χ2v) is 7.84. The number of aliphatic hydroxyl groups is 1. The Kier molecular flexibility index (Phi) is 6.99. The molecule has 0 aliphatic carbocycles. The van der Waals surface area contributed by atoms with Crippen LogP contribution in [0.1, 0.15) is 55.1 Å². The van der Waals surface area contributed by atoms with Gasteiger partial charge in [-0.15, -0.1) is 0 Å². The fraction of sp³-hybridized carbons (Fsp3) is 0.409. The van der Waals surface area contributed by atoms with Crippen LogP contribution in [0.15, 0.2) is 48.5 Å². The molecule has 0 saturated carbocycles. The molecule has 0 bridgehead atoms. The third kappa shape index (κ3) is 6.38. The van der Waals surface area contributed by atoms with Crippen LogP contribution in [0, 0.1) is 0 Å². The zero-order valence-electron chi connectivity index (χ0n) is 16.5. The van der Waals surface area contributed by atoms with Crippen molar-refractivity contribution in [3.8, 4) is 5.75 Å². The molecule has 27 heavy (non-hydrogen) atoms. The van der Waals surface area contributed by atoms with Gasteiger partial charge in [-0.25, -0.2) is 0 Å². The quantitative estimate of drug-likeness (QED) is 0.667. The van der Waals surface area contributed by atoms with E-state index in [-0.39, 0.29) is 18.1 Å². The van der Waals surface area contributed by atoms with E-state index in [1.165, 1.54) is 0 Å². The molecule has 0 spiro atoms. The number of para-hydroxylation sites is 1. The number of carbonyl (C=O) groups is 1. The summed E-state index contributed by atoms with van der Waals surface area (Å²) in [4.78, 5) is 11.2. The summed E-state index contributed by atoms with van der Waals surface area (Å²) in [6.07, 6.45) is -0.595. The number of nitrogens with one attached hydrogen (secondary N) is 1. The van der Waals surface area contributed by atoms with E-state index in [9.17, 15) is 9.90 Å². The van der Waals surface area contributed by atoms with Crippen molar-refractivity contribution in [3.05, 3.63) is 65.2 Å². The molecule has 1 amide bonds. The number of aliphatic hydroxyl groups excluding tert-OH is 1. The van der Waals surface area contributed by atoms with Gasteiger partial charge in [0.25, 0.3) is 0 Å². The van der Waals surface area contributed by atoms with Crippen molar-refractivity contribution >= 4 is 5.91 Å². The average molecular weight is 370 g/mol. The van der Waals surface area contributed by atoms with E-state index in [1.807, 2.05) is 36.4 Å². The zero-order valence-corrected chi connectivity index (χ0v) is 16.5. The van der Waals surface area contributed by atoms with Gasteiger partial charge in [-0.1, -0.05) is 37.3 Å². The first-order chi connectivity index (χ1) is 12.7. The highest BCUT2D eigenvalue weighted by molar-refractivity contribution is 5.92. The van der Waals surface area contributed by atoms with Crippen molar-refractivity contribution < 1.29 is 14.6 Å². The van der Waals surface area contributed by atoms with Gasteiger partial charge >= 0.3 is 0 Å². The number of primary amides is 1. The van der Waals surface area contributed by atoms with Crippen LogP contribution in [0.25, 0.3) is 0 Å². The van der Waals surface area contributed by atoms with Crippen LogP contribution in [0.2, 0.25) is 0 Å². The molecular formula is C22H30N2O3. The lowest BCUT2D eigenvalue weighted by Gasteiger charge is -2.23. The fourth-order valence-electron chi connectivity index (χ4n) is 2.75. The number of rotatable bonds is 8. The summed E-state index contributed by atoms with van der Waals surface area (Å²) < 4.78 is 5.90. The molecule has 4 N–H and O–H groups in total. The number of carbonyl (C=O) groups excluding carboxylic acids is 1. The third-order valence-corrected chi connectivity index (χ3v) is 4.38. The van der Waals surface area contributed by atoms with E-state index in [4.69, 9.17) is 10.5 Å². The lowest BCUT2D eigenvalue weighted by atomic mass is 9.92. The molecular weight excluding hydrogens is 340 g/mol. The normalized spacial score (nSPS) is 13.8. The minimum Gasteiger partial charge on any atom is -0.491 e. The second-order valence-electron chi connectivity index (χ2n) is 7.84. The van der Waals surface area contributed by atoms with Crippen molar-refractivity contribution in [3.63, 3.8) is 0 Å². The van der Waals surface area contributed by atoms with Gasteiger partial charge in [0.05, 0.1) is 0 Å². The SMILES string of the molecule is CC(c1ccc(C(N)=O)cc1)c1ccccc1OCC(O)CNC(C)(C)C. The first-order valence-corrected chi connectivity index (χ1v) is 9.22. The highest BCUT2D eigenvalue weighted by Gasteiger charge is 2.16. The lowest BCUT2D eigenvalue weighted by Crippen LogP contribution is -2.42. The molecule has 5 heteroatoms. The summed E-state index contributed by atoms with van der Waals surface area (Å²) >= 11 is 0. The second kappa shape index (κ2) is 9.02. The van der Waals surface area contributed by atoms with Gasteiger partial charge in [-0.05, 0) is 44.5 Å². The summed E-state index contributed by atoms with van der Waals surface area (Å²) in [5.74, 6) is 0.391. The van der Waals surface area contributed by atoms with E-state index in [0.29, 0.717) is 12.1 Å². The van der Waals surface area contributed by atoms with Crippen molar-refractivity contribution in [1.29, 1.82) is 0 Å².